The van der Waals surface area contributed by atoms with Gasteiger partial charge in [0.15, 0.2) is 0 Å². The zero-order chi connectivity index (χ0) is 13.8. The fourth-order valence-corrected chi connectivity index (χ4v) is 3.67. The van der Waals surface area contributed by atoms with Crippen LogP contribution in [0.1, 0.15) is 18.4 Å². The Morgan fingerprint density at radius 2 is 1.65 bits per heavy atom. The molecule has 2 aliphatic rings. The Balaban J connectivity index is 1.47. The Bertz CT molecular complexity index is 409. The zero-order valence-corrected chi connectivity index (χ0v) is 12.8. The van der Waals surface area contributed by atoms with Gasteiger partial charge in [0, 0.05) is 23.4 Å². The van der Waals surface area contributed by atoms with Gasteiger partial charge in [-0.2, -0.15) is 0 Å². The van der Waals surface area contributed by atoms with Gasteiger partial charge in [-0.05, 0) is 12.1 Å². The second-order valence-corrected chi connectivity index (χ2v) is 6.53. The molecule has 3 nitrogen and oxygen atoms in total. The Morgan fingerprint density at radius 3 is 2.30 bits per heavy atom. The molecule has 20 heavy (non-hydrogen) atoms. The first-order chi connectivity index (χ1) is 9.81. The number of quaternary nitrogens is 2. The Kier molecular flexibility index (Phi) is 4.94. The lowest BCUT2D eigenvalue weighted by atomic mass is 10.0. The number of rotatable bonds is 3. The summed E-state index contributed by atoms with van der Waals surface area (Å²) < 4.78 is 5.46. The smallest absolute Gasteiger partial charge is 0.103 e. The maximum Gasteiger partial charge on any atom is 0.103 e. The molecule has 1 aromatic rings. The Morgan fingerprint density at radius 1 is 1.00 bits per heavy atom. The maximum absolute atomic E-state index is 5.94. The second-order valence-electron chi connectivity index (χ2n) is 6.10. The van der Waals surface area contributed by atoms with Gasteiger partial charge in [-0.15, -0.1) is 0 Å². The van der Waals surface area contributed by atoms with Crippen molar-refractivity contribution in [1.29, 1.82) is 0 Å². The summed E-state index contributed by atoms with van der Waals surface area (Å²) in [6.07, 6.45) is 2.72. The van der Waals surface area contributed by atoms with Crippen LogP contribution in [-0.4, -0.2) is 45.4 Å². The minimum atomic E-state index is 0.832. The summed E-state index contributed by atoms with van der Waals surface area (Å²) in [7, 11) is 0. The summed E-state index contributed by atoms with van der Waals surface area (Å²) in [6.45, 7) is 8.06. The van der Waals surface area contributed by atoms with Crippen molar-refractivity contribution in [3.63, 3.8) is 0 Å². The SMILES string of the molecule is Clc1ccc(C[NH+]2CCC([NH+]3CCOCC3)CC2)cc1. The van der Waals surface area contributed by atoms with Crippen molar-refractivity contribution in [3.05, 3.63) is 34.9 Å². The molecule has 0 aromatic heterocycles. The van der Waals surface area contributed by atoms with E-state index in [4.69, 9.17) is 16.3 Å². The molecule has 2 aliphatic heterocycles. The predicted octanol–water partition coefficient (Wildman–Crippen LogP) is -0.198. The molecular formula is C16H25ClN2O+2. The van der Waals surface area contributed by atoms with E-state index in [1.54, 1.807) is 9.80 Å². The third-order valence-corrected chi connectivity index (χ3v) is 5.02. The molecule has 0 amide bonds. The van der Waals surface area contributed by atoms with Crippen molar-refractivity contribution in [1.82, 2.24) is 0 Å². The largest absolute Gasteiger partial charge is 0.370 e. The van der Waals surface area contributed by atoms with Crippen LogP contribution in [0.2, 0.25) is 5.02 Å². The van der Waals surface area contributed by atoms with Crippen LogP contribution in [0, 0.1) is 0 Å². The fourth-order valence-electron chi connectivity index (χ4n) is 3.54. The highest BCUT2D eigenvalue weighted by Crippen LogP contribution is 2.08. The number of halogens is 1. The Hall–Kier alpha value is -0.610. The van der Waals surface area contributed by atoms with Crippen LogP contribution in [0.3, 0.4) is 0 Å². The maximum atomic E-state index is 5.94. The molecule has 0 atom stereocenters. The molecule has 0 unspecified atom stereocenters. The van der Waals surface area contributed by atoms with Gasteiger partial charge >= 0.3 is 0 Å². The van der Waals surface area contributed by atoms with Crippen LogP contribution < -0.4 is 9.80 Å². The van der Waals surface area contributed by atoms with Crippen LogP contribution in [0.25, 0.3) is 0 Å². The van der Waals surface area contributed by atoms with E-state index in [0.717, 1.165) is 30.8 Å². The predicted molar refractivity (Wildman–Crippen MR) is 80.4 cm³/mol. The fraction of sp³-hybridized carbons (Fsp3) is 0.625. The van der Waals surface area contributed by atoms with Crippen molar-refractivity contribution < 1.29 is 14.5 Å². The van der Waals surface area contributed by atoms with Gasteiger partial charge < -0.3 is 14.5 Å². The molecule has 3 rings (SSSR count). The van der Waals surface area contributed by atoms with Gasteiger partial charge in [0.2, 0.25) is 0 Å². The molecule has 2 heterocycles. The average Bonchev–Trinajstić information content (AvgIpc) is 2.51. The van der Waals surface area contributed by atoms with Crippen molar-refractivity contribution in [2.75, 3.05) is 39.4 Å². The lowest BCUT2D eigenvalue weighted by molar-refractivity contribution is -0.967. The molecule has 0 radical (unpaired) electrons. The van der Waals surface area contributed by atoms with Gasteiger partial charge in [-0.25, -0.2) is 0 Å². The quantitative estimate of drug-likeness (QED) is 0.791. The van der Waals surface area contributed by atoms with Crippen LogP contribution >= 0.6 is 11.6 Å². The molecule has 2 N–H and O–H groups in total. The molecule has 0 aliphatic carbocycles. The van der Waals surface area contributed by atoms with Crippen molar-refractivity contribution in [2.45, 2.75) is 25.4 Å². The van der Waals surface area contributed by atoms with Crippen molar-refractivity contribution in [2.24, 2.45) is 0 Å². The molecule has 2 saturated heterocycles. The normalized spacial score (nSPS) is 28.4. The molecule has 0 spiro atoms. The summed E-state index contributed by atoms with van der Waals surface area (Å²) in [5.74, 6) is 0. The van der Waals surface area contributed by atoms with E-state index in [9.17, 15) is 0 Å². The third-order valence-electron chi connectivity index (χ3n) is 4.77. The summed E-state index contributed by atoms with van der Waals surface area (Å²) >= 11 is 5.94. The monoisotopic (exact) mass is 296 g/mol. The van der Waals surface area contributed by atoms with Crippen LogP contribution in [0.4, 0.5) is 0 Å². The van der Waals surface area contributed by atoms with Crippen molar-refractivity contribution in [3.8, 4) is 0 Å². The van der Waals surface area contributed by atoms with Crippen molar-refractivity contribution >= 4 is 11.6 Å². The number of nitrogens with one attached hydrogen (secondary N) is 2. The highest BCUT2D eigenvalue weighted by Gasteiger charge is 2.30. The number of hydrogen-bond donors (Lipinski definition) is 2. The topological polar surface area (TPSA) is 18.1 Å². The lowest BCUT2D eigenvalue weighted by Gasteiger charge is -2.36. The van der Waals surface area contributed by atoms with E-state index in [1.807, 2.05) is 12.1 Å². The number of ether oxygens (including phenoxy) is 1. The first-order valence-electron chi connectivity index (χ1n) is 7.81. The molecule has 110 valence electrons. The minimum absolute atomic E-state index is 0.832. The summed E-state index contributed by atoms with van der Waals surface area (Å²) in [6, 6.07) is 9.19. The highest BCUT2D eigenvalue weighted by atomic mass is 35.5. The van der Waals surface area contributed by atoms with E-state index in [-0.39, 0.29) is 0 Å². The number of hydrogen-bond acceptors (Lipinski definition) is 1. The van der Waals surface area contributed by atoms with E-state index >= 15 is 0 Å². The van der Waals surface area contributed by atoms with E-state index in [0.29, 0.717) is 0 Å². The number of morpholine rings is 1. The minimum Gasteiger partial charge on any atom is -0.370 e. The first kappa shape index (κ1) is 14.3. The molecule has 0 saturated carbocycles. The Labute approximate surface area is 126 Å². The van der Waals surface area contributed by atoms with Crippen LogP contribution in [0.5, 0.6) is 0 Å². The van der Waals surface area contributed by atoms with Gasteiger partial charge in [-0.3, -0.25) is 0 Å². The second kappa shape index (κ2) is 6.90. The van der Waals surface area contributed by atoms with Gasteiger partial charge in [0.25, 0.3) is 0 Å². The summed E-state index contributed by atoms with van der Waals surface area (Å²) in [4.78, 5) is 3.50. The number of benzene rings is 1. The highest BCUT2D eigenvalue weighted by molar-refractivity contribution is 6.30. The van der Waals surface area contributed by atoms with E-state index in [1.165, 1.54) is 44.6 Å². The molecule has 4 heteroatoms. The zero-order valence-electron chi connectivity index (χ0n) is 12.0. The molecule has 1 aromatic carbocycles. The summed E-state index contributed by atoms with van der Waals surface area (Å²) in [5, 5.41) is 0.832. The van der Waals surface area contributed by atoms with E-state index in [2.05, 4.69) is 12.1 Å². The van der Waals surface area contributed by atoms with Gasteiger partial charge in [0.1, 0.15) is 19.6 Å². The molecule has 0 bridgehead atoms. The third kappa shape index (κ3) is 3.73. The molecular weight excluding hydrogens is 272 g/mol. The van der Waals surface area contributed by atoms with E-state index < -0.39 is 0 Å². The van der Waals surface area contributed by atoms with Crippen LogP contribution in [0.15, 0.2) is 24.3 Å². The van der Waals surface area contributed by atoms with Gasteiger partial charge in [0.05, 0.1) is 32.3 Å². The summed E-state index contributed by atoms with van der Waals surface area (Å²) in [5.41, 5.74) is 1.40. The van der Waals surface area contributed by atoms with Crippen LogP contribution in [-0.2, 0) is 11.3 Å². The number of piperidine rings is 1. The van der Waals surface area contributed by atoms with Gasteiger partial charge in [-0.1, -0.05) is 23.7 Å². The molecule has 2 fully saturated rings. The number of likely N-dealkylation sites (tertiary alicyclic amines) is 1. The standard InChI is InChI=1S/C16H23ClN2O/c17-15-3-1-14(2-4-15)13-18-7-5-16(6-8-18)19-9-11-20-12-10-19/h1-4,16H,5-13H2/p+2. The lowest BCUT2D eigenvalue weighted by Crippen LogP contribution is -3.21. The average molecular weight is 297 g/mol. The first-order valence-corrected chi connectivity index (χ1v) is 8.19.